The summed E-state index contributed by atoms with van der Waals surface area (Å²) in [4.78, 5) is 18.6. The lowest BCUT2D eigenvalue weighted by Crippen LogP contribution is -2.42. The summed E-state index contributed by atoms with van der Waals surface area (Å²) < 4.78 is 49.0. The molecular weight excluding hydrogens is 387 g/mol. The van der Waals surface area contributed by atoms with Gasteiger partial charge in [0, 0.05) is 25.4 Å². The lowest BCUT2D eigenvalue weighted by molar-refractivity contribution is -0.137. The molecule has 1 atom stereocenters. The van der Waals surface area contributed by atoms with Crippen molar-refractivity contribution in [3.63, 3.8) is 0 Å². The number of halogens is 3. The van der Waals surface area contributed by atoms with Gasteiger partial charge in [0.15, 0.2) is 12.4 Å². The van der Waals surface area contributed by atoms with Gasteiger partial charge in [-0.25, -0.2) is 0 Å². The number of amides is 1. The Labute approximate surface area is 166 Å². The van der Waals surface area contributed by atoms with Crippen molar-refractivity contribution in [2.24, 2.45) is 5.92 Å². The number of carbonyl (C=O) groups is 1. The van der Waals surface area contributed by atoms with E-state index < -0.39 is 11.7 Å². The monoisotopic (exact) mass is 409 g/mol. The highest BCUT2D eigenvalue weighted by Gasteiger charge is 2.31. The Morgan fingerprint density at radius 2 is 2.10 bits per heavy atom. The van der Waals surface area contributed by atoms with E-state index in [-0.39, 0.29) is 24.2 Å². The molecule has 1 aromatic heterocycles. The molecule has 4 rings (SSSR count). The molecule has 1 unspecified atom stereocenters. The quantitative estimate of drug-likeness (QED) is 0.726. The first-order chi connectivity index (χ1) is 13.9. The summed E-state index contributed by atoms with van der Waals surface area (Å²) in [6.45, 7) is 0.866. The van der Waals surface area contributed by atoms with Crippen LogP contribution < -0.4 is 4.74 Å². The Hall–Kier alpha value is -2.58. The number of alkyl halides is 3. The highest BCUT2D eigenvalue weighted by atomic mass is 19.4. The van der Waals surface area contributed by atoms with Gasteiger partial charge in [-0.2, -0.15) is 18.2 Å². The van der Waals surface area contributed by atoms with Gasteiger partial charge in [0.05, 0.1) is 5.56 Å². The van der Waals surface area contributed by atoms with Gasteiger partial charge >= 0.3 is 6.18 Å². The fourth-order valence-corrected chi connectivity index (χ4v) is 3.56. The molecule has 1 aliphatic heterocycles. The largest absolute Gasteiger partial charge is 0.484 e. The van der Waals surface area contributed by atoms with Crippen molar-refractivity contribution in [2.75, 3.05) is 19.7 Å². The van der Waals surface area contributed by atoms with Gasteiger partial charge in [0.2, 0.25) is 5.89 Å². The van der Waals surface area contributed by atoms with Crippen LogP contribution in [0.1, 0.15) is 48.9 Å². The predicted octanol–water partition coefficient (Wildman–Crippen LogP) is 3.83. The third-order valence-corrected chi connectivity index (χ3v) is 5.28. The van der Waals surface area contributed by atoms with E-state index >= 15 is 0 Å². The predicted molar refractivity (Wildman–Crippen MR) is 96.2 cm³/mol. The minimum Gasteiger partial charge on any atom is -0.484 e. The second-order valence-corrected chi connectivity index (χ2v) is 7.69. The molecule has 2 aromatic rings. The maximum Gasteiger partial charge on any atom is 0.416 e. The first-order valence-electron chi connectivity index (χ1n) is 9.79. The van der Waals surface area contributed by atoms with Crippen LogP contribution in [0, 0.1) is 5.92 Å². The number of aromatic nitrogens is 2. The first-order valence-corrected chi connectivity index (χ1v) is 9.79. The second kappa shape index (κ2) is 8.04. The van der Waals surface area contributed by atoms with Crippen molar-refractivity contribution in [3.8, 4) is 5.75 Å². The van der Waals surface area contributed by atoms with E-state index in [0.717, 1.165) is 43.6 Å². The zero-order valence-corrected chi connectivity index (χ0v) is 15.8. The van der Waals surface area contributed by atoms with Gasteiger partial charge in [0.25, 0.3) is 5.91 Å². The number of benzene rings is 1. The molecule has 0 N–H and O–H groups in total. The molecule has 6 nitrogen and oxygen atoms in total. The summed E-state index contributed by atoms with van der Waals surface area (Å²) in [6, 6.07) is 4.55. The Balaban J connectivity index is 1.29. The third kappa shape index (κ3) is 5.07. The molecule has 9 heteroatoms. The van der Waals surface area contributed by atoms with Crippen LogP contribution >= 0.6 is 0 Å². The fourth-order valence-electron chi connectivity index (χ4n) is 3.56. The molecule has 2 fully saturated rings. The molecule has 1 aromatic carbocycles. The van der Waals surface area contributed by atoms with Crippen molar-refractivity contribution >= 4 is 5.91 Å². The maximum atomic E-state index is 12.8. The topological polar surface area (TPSA) is 68.5 Å². The average molecular weight is 409 g/mol. The summed E-state index contributed by atoms with van der Waals surface area (Å²) >= 11 is 0. The average Bonchev–Trinajstić information content (AvgIpc) is 3.45. The number of rotatable bonds is 6. The molecule has 0 radical (unpaired) electrons. The summed E-state index contributed by atoms with van der Waals surface area (Å²) in [5, 5.41) is 4.02. The first kappa shape index (κ1) is 19.7. The van der Waals surface area contributed by atoms with Crippen molar-refractivity contribution in [3.05, 3.63) is 41.5 Å². The molecule has 2 aliphatic rings. The van der Waals surface area contributed by atoms with E-state index in [0.29, 0.717) is 31.3 Å². The number of nitrogens with zero attached hydrogens (tertiary/aromatic N) is 3. The van der Waals surface area contributed by atoms with E-state index in [1.165, 1.54) is 12.1 Å². The van der Waals surface area contributed by atoms with Gasteiger partial charge in [-0.05, 0) is 49.8 Å². The standard InChI is InChI=1S/C20H22F3N3O3/c21-20(22,23)15-4-1-5-16(10-15)28-12-18(27)26-8-2-3-13(11-26)9-17-24-19(25-29-17)14-6-7-14/h1,4-5,10,13-14H,2-3,6-9,11-12H2. The van der Waals surface area contributed by atoms with Crippen LogP contribution in [0.5, 0.6) is 5.75 Å². The highest BCUT2D eigenvalue weighted by molar-refractivity contribution is 5.77. The van der Waals surface area contributed by atoms with Gasteiger partial charge < -0.3 is 14.2 Å². The molecule has 156 valence electrons. The van der Waals surface area contributed by atoms with Crippen LogP contribution in [0.25, 0.3) is 0 Å². The molecule has 2 heterocycles. The molecule has 29 heavy (non-hydrogen) atoms. The van der Waals surface area contributed by atoms with Gasteiger partial charge in [-0.1, -0.05) is 11.2 Å². The molecule has 1 saturated heterocycles. The Morgan fingerprint density at radius 3 is 2.86 bits per heavy atom. The number of hydrogen-bond acceptors (Lipinski definition) is 5. The van der Waals surface area contributed by atoms with Crippen molar-refractivity contribution in [1.82, 2.24) is 15.0 Å². The number of piperidine rings is 1. The molecule has 0 spiro atoms. The summed E-state index contributed by atoms with van der Waals surface area (Å²) in [5.41, 5.74) is -0.800. The van der Waals surface area contributed by atoms with Crippen LogP contribution in [0.2, 0.25) is 0 Å². The van der Waals surface area contributed by atoms with E-state index in [4.69, 9.17) is 9.26 Å². The lowest BCUT2D eigenvalue weighted by Gasteiger charge is -2.32. The second-order valence-electron chi connectivity index (χ2n) is 7.69. The summed E-state index contributed by atoms with van der Waals surface area (Å²) in [5.74, 6) is 1.82. The molecule has 1 saturated carbocycles. The molecule has 1 amide bonds. The highest BCUT2D eigenvalue weighted by Crippen LogP contribution is 2.38. The Bertz CT molecular complexity index is 864. The normalized spacial score (nSPS) is 20.0. The number of hydrogen-bond donors (Lipinski definition) is 0. The minimum absolute atomic E-state index is 0.0280. The number of likely N-dealkylation sites (tertiary alicyclic amines) is 1. The van der Waals surface area contributed by atoms with Gasteiger partial charge in [0.1, 0.15) is 5.75 Å². The molecular formula is C20H22F3N3O3. The zero-order chi connectivity index (χ0) is 20.4. The smallest absolute Gasteiger partial charge is 0.416 e. The summed E-state index contributed by atoms with van der Waals surface area (Å²) in [7, 11) is 0. The van der Waals surface area contributed by atoms with Crippen LogP contribution in [0.15, 0.2) is 28.8 Å². The summed E-state index contributed by atoms with van der Waals surface area (Å²) in [6.07, 6.45) is 0.200. The maximum absolute atomic E-state index is 12.8. The Kier molecular flexibility index (Phi) is 5.47. The lowest BCUT2D eigenvalue weighted by atomic mass is 9.95. The fraction of sp³-hybridized carbons (Fsp3) is 0.550. The number of carbonyl (C=O) groups excluding carboxylic acids is 1. The van der Waals surface area contributed by atoms with Gasteiger partial charge in [-0.3, -0.25) is 4.79 Å². The minimum atomic E-state index is -4.45. The van der Waals surface area contributed by atoms with E-state index in [2.05, 4.69) is 10.1 Å². The van der Waals surface area contributed by atoms with E-state index in [1.807, 2.05) is 0 Å². The molecule has 1 aliphatic carbocycles. The SMILES string of the molecule is O=C(COc1cccc(C(F)(F)F)c1)N1CCCC(Cc2nc(C3CC3)no2)C1. The van der Waals surface area contributed by atoms with Crippen LogP contribution in [0.3, 0.4) is 0 Å². The zero-order valence-electron chi connectivity index (χ0n) is 15.8. The van der Waals surface area contributed by atoms with Crippen LogP contribution in [0.4, 0.5) is 13.2 Å². The van der Waals surface area contributed by atoms with Crippen molar-refractivity contribution in [1.29, 1.82) is 0 Å². The Morgan fingerprint density at radius 1 is 1.28 bits per heavy atom. The number of ether oxygens (including phenoxy) is 1. The van der Waals surface area contributed by atoms with Crippen molar-refractivity contribution < 1.29 is 27.2 Å². The van der Waals surface area contributed by atoms with Crippen LogP contribution in [-0.4, -0.2) is 40.6 Å². The third-order valence-electron chi connectivity index (χ3n) is 5.28. The van der Waals surface area contributed by atoms with Gasteiger partial charge in [-0.15, -0.1) is 0 Å². The molecule has 0 bridgehead atoms. The van der Waals surface area contributed by atoms with E-state index in [9.17, 15) is 18.0 Å². The van der Waals surface area contributed by atoms with Crippen molar-refractivity contribution in [2.45, 2.75) is 44.2 Å². The van der Waals surface area contributed by atoms with Crippen LogP contribution in [-0.2, 0) is 17.4 Å². The van der Waals surface area contributed by atoms with E-state index in [1.54, 1.807) is 4.90 Å².